The summed E-state index contributed by atoms with van der Waals surface area (Å²) in [6.45, 7) is 5.10. The second-order valence-corrected chi connectivity index (χ2v) is 3.56. The second-order valence-electron chi connectivity index (χ2n) is 3.56. The van der Waals surface area contributed by atoms with Crippen molar-refractivity contribution >= 4 is 0 Å². The van der Waals surface area contributed by atoms with Crippen LogP contribution in [0.2, 0.25) is 0 Å². The Bertz CT molecular complexity index is 104. The van der Waals surface area contributed by atoms with Crippen LogP contribution in [0.5, 0.6) is 0 Å². The minimum atomic E-state index is -0.244. The zero-order chi connectivity index (χ0) is 7.61. The lowest BCUT2D eigenvalue weighted by Gasteiger charge is -2.34. The van der Waals surface area contributed by atoms with E-state index >= 15 is 0 Å². The van der Waals surface area contributed by atoms with Crippen molar-refractivity contribution < 1.29 is 9.84 Å². The molecule has 1 fully saturated rings. The van der Waals surface area contributed by atoms with Crippen molar-refractivity contribution in [3.63, 3.8) is 0 Å². The molecule has 2 heteroatoms. The van der Waals surface area contributed by atoms with Crippen LogP contribution >= 0.6 is 0 Å². The molecular formula is C8H16O2. The Balaban J connectivity index is 2.38. The first-order chi connectivity index (χ1) is 4.66. The average molecular weight is 144 g/mol. The Morgan fingerprint density at radius 1 is 1.70 bits per heavy atom. The van der Waals surface area contributed by atoms with Crippen molar-refractivity contribution in [3.8, 4) is 0 Å². The summed E-state index contributed by atoms with van der Waals surface area (Å²) in [6, 6.07) is 0. The molecule has 0 amide bonds. The van der Waals surface area contributed by atoms with E-state index in [-0.39, 0.29) is 12.2 Å². The fourth-order valence-corrected chi connectivity index (χ4v) is 1.18. The highest BCUT2D eigenvalue weighted by atomic mass is 16.5. The fraction of sp³-hybridized carbons (Fsp3) is 1.00. The zero-order valence-electron chi connectivity index (χ0n) is 6.76. The molecule has 0 bridgehead atoms. The SMILES string of the molecule is C[C@H]1CC[C@](C)(CO)OC1. The van der Waals surface area contributed by atoms with E-state index < -0.39 is 0 Å². The lowest BCUT2D eigenvalue weighted by molar-refractivity contribution is -0.111. The molecule has 0 saturated carbocycles. The van der Waals surface area contributed by atoms with Gasteiger partial charge in [0.05, 0.1) is 12.2 Å². The largest absolute Gasteiger partial charge is 0.393 e. The Hall–Kier alpha value is -0.0800. The molecular weight excluding hydrogens is 128 g/mol. The van der Waals surface area contributed by atoms with E-state index in [1.165, 1.54) is 6.42 Å². The van der Waals surface area contributed by atoms with Crippen LogP contribution in [0, 0.1) is 5.92 Å². The lowest BCUT2D eigenvalue weighted by Crippen LogP contribution is -2.39. The highest BCUT2D eigenvalue weighted by Gasteiger charge is 2.29. The molecule has 2 nitrogen and oxygen atoms in total. The van der Waals surface area contributed by atoms with Gasteiger partial charge in [-0.15, -0.1) is 0 Å². The number of hydrogen-bond acceptors (Lipinski definition) is 2. The van der Waals surface area contributed by atoms with Gasteiger partial charge in [0.2, 0.25) is 0 Å². The van der Waals surface area contributed by atoms with Crippen molar-refractivity contribution in [1.29, 1.82) is 0 Å². The van der Waals surface area contributed by atoms with Gasteiger partial charge in [0, 0.05) is 6.61 Å². The molecule has 1 heterocycles. The predicted molar refractivity (Wildman–Crippen MR) is 39.8 cm³/mol. The number of aliphatic hydroxyl groups excluding tert-OH is 1. The molecule has 0 aromatic rings. The van der Waals surface area contributed by atoms with Crippen LogP contribution in [0.4, 0.5) is 0 Å². The molecule has 0 aliphatic carbocycles. The maximum absolute atomic E-state index is 8.91. The van der Waals surface area contributed by atoms with Crippen LogP contribution < -0.4 is 0 Å². The lowest BCUT2D eigenvalue weighted by atomic mass is 9.92. The van der Waals surface area contributed by atoms with Crippen molar-refractivity contribution in [2.75, 3.05) is 13.2 Å². The monoisotopic (exact) mass is 144 g/mol. The van der Waals surface area contributed by atoms with Gasteiger partial charge in [-0.25, -0.2) is 0 Å². The van der Waals surface area contributed by atoms with E-state index in [4.69, 9.17) is 9.84 Å². The number of aliphatic hydroxyl groups is 1. The molecule has 1 saturated heterocycles. The van der Waals surface area contributed by atoms with E-state index in [0.29, 0.717) is 5.92 Å². The van der Waals surface area contributed by atoms with Gasteiger partial charge >= 0.3 is 0 Å². The van der Waals surface area contributed by atoms with Crippen molar-refractivity contribution in [2.24, 2.45) is 5.92 Å². The summed E-state index contributed by atoms with van der Waals surface area (Å²) in [6.07, 6.45) is 2.17. The van der Waals surface area contributed by atoms with Gasteiger partial charge in [-0.2, -0.15) is 0 Å². The molecule has 1 rings (SSSR count). The van der Waals surface area contributed by atoms with Crippen molar-refractivity contribution in [2.45, 2.75) is 32.3 Å². The van der Waals surface area contributed by atoms with Gasteiger partial charge in [-0.05, 0) is 25.7 Å². The summed E-state index contributed by atoms with van der Waals surface area (Å²) in [5.41, 5.74) is -0.244. The van der Waals surface area contributed by atoms with Gasteiger partial charge in [0.25, 0.3) is 0 Å². The summed E-state index contributed by atoms with van der Waals surface area (Å²) < 4.78 is 5.48. The number of rotatable bonds is 1. The van der Waals surface area contributed by atoms with Gasteiger partial charge < -0.3 is 9.84 Å². The van der Waals surface area contributed by atoms with Gasteiger partial charge in [-0.1, -0.05) is 6.92 Å². The molecule has 0 aromatic carbocycles. The van der Waals surface area contributed by atoms with E-state index in [0.717, 1.165) is 13.0 Å². The third kappa shape index (κ3) is 1.70. The Morgan fingerprint density at radius 3 is 2.80 bits per heavy atom. The second kappa shape index (κ2) is 2.89. The van der Waals surface area contributed by atoms with Crippen molar-refractivity contribution in [3.05, 3.63) is 0 Å². The summed E-state index contributed by atoms with van der Waals surface area (Å²) in [5.74, 6) is 0.666. The Labute approximate surface area is 62.2 Å². The van der Waals surface area contributed by atoms with E-state index in [2.05, 4.69) is 6.92 Å². The van der Waals surface area contributed by atoms with E-state index in [1.807, 2.05) is 6.92 Å². The van der Waals surface area contributed by atoms with Crippen LogP contribution in [0.3, 0.4) is 0 Å². The first-order valence-corrected chi connectivity index (χ1v) is 3.91. The van der Waals surface area contributed by atoms with Crippen LogP contribution in [-0.4, -0.2) is 23.9 Å². The first-order valence-electron chi connectivity index (χ1n) is 3.91. The van der Waals surface area contributed by atoms with E-state index in [9.17, 15) is 0 Å². The first kappa shape index (κ1) is 8.02. The normalized spacial score (nSPS) is 41.7. The topological polar surface area (TPSA) is 29.5 Å². The molecule has 0 aromatic heterocycles. The minimum absolute atomic E-state index is 0.152. The zero-order valence-corrected chi connectivity index (χ0v) is 6.76. The maximum Gasteiger partial charge on any atom is 0.0884 e. The van der Waals surface area contributed by atoms with Gasteiger partial charge in [0.15, 0.2) is 0 Å². The molecule has 0 unspecified atom stereocenters. The van der Waals surface area contributed by atoms with Crippen LogP contribution in [0.15, 0.2) is 0 Å². The number of ether oxygens (including phenoxy) is 1. The molecule has 60 valence electrons. The molecule has 10 heavy (non-hydrogen) atoms. The maximum atomic E-state index is 8.91. The summed E-state index contributed by atoms with van der Waals surface area (Å²) in [7, 11) is 0. The third-order valence-corrected chi connectivity index (χ3v) is 2.22. The average Bonchev–Trinajstić information content (AvgIpc) is 1.96. The fourth-order valence-electron chi connectivity index (χ4n) is 1.18. The van der Waals surface area contributed by atoms with Crippen LogP contribution in [0.1, 0.15) is 26.7 Å². The highest BCUT2D eigenvalue weighted by molar-refractivity contribution is 4.79. The molecule has 1 aliphatic rings. The smallest absolute Gasteiger partial charge is 0.0884 e. The standard InChI is InChI=1S/C8H16O2/c1-7-3-4-8(2,6-9)10-5-7/h7,9H,3-6H2,1-2H3/t7-,8+/m0/s1. The predicted octanol–water partition coefficient (Wildman–Crippen LogP) is 1.18. The summed E-state index contributed by atoms with van der Waals surface area (Å²) >= 11 is 0. The molecule has 1 aliphatic heterocycles. The molecule has 0 spiro atoms. The summed E-state index contributed by atoms with van der Waals surface area (Å²) in [5, 5.41) is 8.91. The summed E-state index contributed by atoms with van der Waals surface area (Å²) in [4.78, 5) is 0. The Morgan fingerprint density at radius 2 is 2.40 bits per heavy atom. The van der Waals surface area contributed by atoms with Crippen molar-refractivity contribution in [1.82, 2.24) is 0 Å². The van der Waals surface area contributed by atoms with Crippen LogP contribution in [0.25, 0.3) is 0 Å². The number of hydrogen-bond donors (Lipinski definition) is 1. The highest BCUT2D eigenvalue weighted by Crippen LogP contribution is 2.26. The molecule has 0 radical (unpaired) electrons. The van der Waals surface area contributed by atoms with Crippen LogP contribution in [-0.2, 0) is 4.74 Å². The van der Waals surface area contributed by atoms with Gasteiger partial charge in [-0.3, -0.25) is 0 Å². The quantitative estimate of drug-likeness (QED) is 0.599. The minimum Gasteiger partial charge on any atom is -0.393 e. The van der Waals surface area contributed by atoms with Gasteiger partial charge in [0.1, 0.15) is 0 Å². The third-order valence-electron chi connectivity index (χ3n) is 2.22. The Kier molecular flexibility index (Phi) is 2.32. The van der Waals surface area contributed by atoms with E-state index in [1.54, 1.807) is 0 Å². The molecule has 2 atom stereocenters. The molecule has 1 N–H and O–H groups in total.